The van der Waals surface area contributed by atoms with Gasteiger partial charge in [0.15, 0.2) is 0 Å². The molecule has 25 heavy (non-hydrogen) atoms. The average molecular weight is 347 g/mol. The van der Waals surface area contributed by atoms with Gasteiger partial charge >= 0.3 is 0 Å². The molecule has 2 N–H and O–H groups in total. The molecular formula is C19H29N3O3. The molecule has 0 atom stereocenters. The molecule has 0 aliphatic carbocycles. The van der Waals surface area contributed by atoms with E-state index in [1.54, 1.807) is 24.3 Å². The smallest absolute Gasteiger partial charge is 0.251 e. The highest BCUT2D eigenvalue weighted by Gasteiger charge is 2.10. The van der Waals surface area contributed by atoms with E-state index >= 15 is 0 Å². The van der Waals surface area contributed by atoms with Crippen molar-refractivity contribution in [2.75, 3.05) is 39.3 Å². The predicted molar refractivity (Wildman–Crippen MR) is 97.9 cm³/mol. The lowest BCUT2D eigenvalue weighted by atomic mass is 10.1. The van der Waals surface area contributed by atoms with Gasteiger partial charge in [-0.3, -0.25) is 9.59 Å². The Labute approximate surface area is 149 Å². The van der Waals surface area contributed by atoms with Crippen LogP contribution in [-0.4, -0.2) is 56.0 Å². The van der Waals surface area contributed by atoms with Crippen molar-refractivity contribution in [1.82, 2.24) is 15.5 Å². The fraction of sp³-hybridized carbons (Fsp3) is 0.579. The summed E-state index contributed by atoms with van der Waals surface area (Å²) in [5.74, 6) is 0.315. The third kappa shape index (κ3) is 7.13. The van der Waals surface area contributed by atoms with Gasteiger partial charge < -0.3 is 20.3 Å². The largest absolute Gasteiger partial charge is 0.494 e. The molecule has 138 valence electrons. The molecule has 1 fully saturated rings. The summed E-state index contributed by atoms with van der Waals surface area (Å²) in [7, 11) is 0. The Bertz CT molecular complexity index is 539. The van der Waals surface area contributed by atoms with Gasteiger partial charge in [0.25, 0.3) is 5.91 Å². The molecule has 0 radical (unpaired) electrons. The van der Waals surface area contributed by atoms with E-state index in [9.17, 15) is 9.59 Å². The van der Waals surface area contributed by atoms with Crippen molar-refractivity contribution in [3.63, 3.8) is 0 Å². The van der Waals surface area contributed by atoms with Gasteiger partial charge in [0.2, 0.25) is 5.91 Å². The molecular weight excluding hydrogens is 318 g/mol. The molecule has 1 aromatic rings. The fourth-order valence-corrected chi connectivity index (χ4v) is 2.91. The Kier molecular flexibility index (Phi) is 8.25. The van der Waals surface area contributed by atoms with Gasteiger partial charge in [0, 0.05) is 12.1 Å². The summed E-state index contributed by atoms with van der Waals surface area (Å²) in [6.45, 7) is 6.51. The summed E-state index contributed by atoms with van der Waals surface area (Å²) in [6.07, 6.45) is 4.84. The standard InChI is InChI=1S/C19H29N3O3/c1-2-25-17-9-7-16(8-10-17)19(24)21-15-18(23)20-11-6-14-22-12-4-3-5-13-22/h7-10H,2-6,11-15H2,1H3,(H,20,23)(H,21,24). The summed E-state index contributed by atoms with van der Waals surface area (Å²) in [5.41, 5.74) is 0.515. The second kappa shape index (κ2) is 10.7. The van der Waals surface area contributed by atoms with E-state index in [4.69, 9.17) is 4.74 Å². The summed E-state index contributed by atoms with van der Waals surface area (Å²) < 4.78 is 5.34. The van der Waals surface area contributed by atoms with Crippen LogP contribution in [0.15, 0.2) is 24.3 Å². The Hall–Kier alpha value is -2.08. The lowest BCUT2D eigenvalue weighted by Gasteiger charge is -2.26. The Morgan fingerprint density at radius 1 is 1.08 bits per heavy atom. The number of amides is 2. The van der Waals surface area contributed by atoms with E-state index in [2.05, 4.69) is 15.5 Å². The molecule has 1 heterocycles. The van der Waals surface area contributed by atoms with Crippen LogP contribution in [0.1, 0.15) is 43.0 Å². The second-order valence-electron chi connectivity index (χ2n) is 6.25. The predicted octanol–water partition coefficient (Wildman–Crippen LogP) is 1.81. The number of hydrogen-bond donors (Lipinski definition) is 2. The number of nitrogens with zero attached hydrogens (tertiary/aromatic N) is 1. The SMILES string of the molecule is CCOc1ccc(C(=O)NCC(=O)NCCCN2CCCCC2)cc1. The minimum Gasteiger partial charge on any atom is -0.494 e. The number of benzene rings is 1. The van der Waals surface area contributed by atoms with Gasteiger partial charge in [-0.05, 0) is 70.1 Å². The normalized spacial score (nSPS) is 14.8. The van der Waals surface area contributed by atoms with E-state index in [0.717, 1.165) is 18.7 Å². The third-order valence-electron chi connectivity index (χ3n) is 4.26. The van der Waals surface area contributed by atoms with Gasteiger partial charge in [-0.25, -0.2) is 0 Å². The first-order valence-electron chi connectivity index (χ1n) is 9.19. The van der Waals surface area contributed by atoms with E-state index in [1.165, 1.54) is 32.4 Å². The molecule has 0 bridgehead atoms. The van der Waals surface area contributed by atoms with Crippen molar-refractivity contribution in [1.29, 1.82) is 0 Å². The molecule has 0 unspecified atom stereocenters. The van der Waals surface area contributed by atoms with Gasteiger partial charge in [-0.1, -0.05) is 6.42 Å². The maximum absolute atomic E-state index is 12.0. The number of likely N-dealkylation sites (tertiary alicyclic amines) is 1. The molecule has 1 saturated heterocycles. The highest BCUT2D eigenvalue weighted by Crippen LogP contribution is 2.12. The number of ether oxygens (including phenoxy) is 1. The molecule has 1 aliphatic rings. The van der Waals surface area contributed by atoms with Crippen LogP contribution in [0, 0.1) is 0 Å². The summed E-state index contributed by atoms with van der Waals surface area (Å²) >= 11 is 0. The zero-order valence-corrected chi connectivity index (χ0v) is 15.1. The number of nitrogens with one attached hydrogen (secondary N) is 2. The minimum absolute atomic E-state index is 0.00421. The number of carbonyl (C=O) groups excluding carboxylic acids is 2. The van der Waals surface area contributed by atoms with Crippen molar-refractivity contribution >= 4 is 11.8 Å². The van der Waals surface area contributed by atoms with Crippen LogP contribution < -0.4 is 15.4 Å². The molecule has 6 nitrogen and oxygen atoms in total. The fourth-order valence-electron chi connectivity index (χ4n) is 2.91. The van der Waals surface area contributed by atoms with Gasteiger partial charge in [-0.15, -0.1) is 0 Å². The molecule has 2 rings (SSSR count). The first-order chi connectivity index (χ1) is 12.2. The maximum Gasteiger partial charge on any atom is 0.251 e. The Balaban J connectivity index is 1.59. The summed E-state index contributed by atoms with van der Waals surface area (Å²) in [4.78, 5) is 26.3. The topological polar surface area (TPSA) is 70.7 Å². The average Bonchev–Trinajstić information content (AvgIpc) is 2.65. The van der Waals surface area contributed by atoms with Crippen molar-refractivity contribution in [2.45, 2.75) is 32.6 Å². The second-order valence-corrected chi connectivity index (χ2v) is 6.25. The van der Waals surface area contributed by atoms with Gasteiger partial charge in [0.05, 0.1) is 13.2 Å². The quantitative estimate of drug-likeness (QED) is 0.669. The van der Waals surface area contributed by atoms with Crippen LogP contribution in [0.5, 0.6) is 5.75 Å². The first-order valence-corrected chi connectivity index (χ1v) is 9.19. The van der Waals surface area contributed by atoms with Crippen molar-refractivity contribution < 1.29 is 14.3 Å². The molecule has 0 saturated carbocycles. The van der Waals surface area contributed by atoms with Crippen molar-refractivity contribution in [3.05, 3.63) is 29.8 Å². The molecule has 6 heteroatoms. The van der Waals surface area contributed by atoms with Crippen LogP contribution in [0.25, 0.3) is 0 Å². The van der Waals surface area contributed by atoms with Crippen LogP contribution in [0.3, 0.4) is 0 Å². The number of hydrogen-bond acceptors (Lipinski definition) is 4. The highest BCUT2D eigenvalue weighted by molar-refractivity contribution is 5.96. The molecule has 0 spiro atoms. The third-order valence-corrected chi connectivity index (χ3v) is 4.26. The summed E-state index contributed by atoms with van der Waals surface area (Å²) in [6, 6.07) is 6.88. The zero-order valence-electron chi connectivity index (χ0n) is 15.1. The lowest BCUT2D eigenvalue weighted by molar-refractivity contribution is -0.120. The Morgan fingerprint density at radius 2 is 1.80 bits per heavy atom. The first kappa shape index (κ1) is 19.2. The molecule has 0 aromatic heterocycles. The van der Waals surface area contributed by atoms with Crippen molar-refractivity contribution in [2.24, 2.45) is 0 Å². The van der Waals surface area contributed by atoms with Crippen LogP contribution in [0.2, 0.25) is 0 Å². The lowest BCUT2D eigenvalue weighted by Crippen LogP contribution is -2.38. The van der Waals surface area contributed by atoms with E-state index in [-0.39, 0.29) is 18.4 Å². The minimum atomic E-state index is -0.258. The van der Waals surface area contributed by atoms with Crippen LogP contribution >= 0.6 is 0 Å². The number of piperidine rings is 1. The van der Waals surface area contributed by atoms with Gasteiger partial charge in [0.1, 0.15) is 5.75 Å². The maximum atomic E-state index is 12.0. The van der Waals surface area contributed by atoms with Crippen LogP contribution in [-0.2, 0) is 4.79 Å². The number of carbonyl (C=O) groups is 2. The molecule has 2 amide bonds. The monoisotopic (exact) mass is 347 g/mol. The molecule has 1 aliphatic heterocycles. The zero-order chi connectivity index (χ0) is 17.9. The molecule has 1 aromatic carbocycles. The van der Waals surface area contributed by atoms with Gasteiger partial charge in [-0.2, -0.15) is 0 Å². The van der Waals surface area contributed by atoms with E-state index in [0.29, 0.717) is 18.7 Å². The number of rotatable bonds is 9. The van der Waals surface area contributed by atoms with E-state index in [1.807, 2.05) is 6.92 Å². The van der Waals surface area contributed by atoms with E-state index < -0.39 is 0 Å². The van der Waals surface area contributed by atoms with Crippen molar-refractivity contribution in [3.8, 4) is 5.75 Å². The highest BCUT2D eigenvalue weighted by atomic mass is 16.5. The van der Waals surface area contributed by atoms with Crippen LogP contribution in [0.4, 0.5) is 0 Å². The Morgan fingerprint density at radius 3 is 2.48 bits per heavy atom. The summed E-state index contributed by atoms with van der Waals surface area (Å²) in [5, 5.41) is 5.49.